The minimum atomic E-state index is -0.0492. The van der Waals surface area contributed by atoms with Gasteiger partial charge in [-0.1, -0.05) is 11.6 Å². The van der Waals surface area contributed by atoms with Crippen LogP contribution in [-0.2, 0) is 0 Å². The van der Waals surface area contributed by atoms with Crippen molar-refractivity contribution in [1.82, 2.24) is 0 Å². The first kappa shape index (κ1) is 13.1. The lowest BCUT2D eigenvalue weighted by atomic mass is 10.1. The number of hydrogen-bond donors (Lipinski definition) is 0. The summed E-state index contributed by atoms with van der Waals surface area (Å²) in [6.07, 6.45) is 0. The Morgan fingerprint density at radius 1 is 1.21 bits per heavy atom. The number of carbonyl (C=O) groups excluding carboxylic acids is 1. The summed E-state index contributed by atoms with van der Waals surface area (Å²) in [6, 6.07) is 13.6. The standard InChI is InChI=1S/C15H10ClNO2/c1-10(18)12-4-7-15(14(16)8-12)19-13-5-2-11(9-17)3-6-13/h2-8H,1H3. The van der Waals surface area contributed by atoms with E-state index >= 15 is 0 Å². The lowest BCUT2D eigenvalue weighted by Crippen LogP contribution is -1.93. The Labute approximate surface area is 116 Å². The maximum Gasteiger partial charge on any atom is 0.159 e. The highest BCUT2D eigenvalue weighted by molar-refractivity contribution is 6.32. The highest BCUT2D eigenvalue weighted by Crippen LogP contribution is 2.30. The van der Waals surface area contributed by atoms with Crippen LogP contribution in [0.25, 0.3) is 0 Å². The van der Waals surface area contributed by atoms with Gasteiger partial charge in [-0.2, -0.15) is 5.26 Å². The third-order valence-electron chi connectivity index (χ3n) is 2.55. The van der Waals surface area contributed by atoms with Crippen molar-refractivity contribution in [3.63, 3.8) is 0 Å². The summed E-state index contributed by atoms with van der Waals surface area (Å²) in [5.41, 5.74) is 1.10. The van der Waals surface area contributed by atoms with Crippen molar-refractivity contribution in [3.05, 3.63) is 58.6 Å². The normalized spacial score (nSPS) is 9.74. The third-order valence-corrected chi connectivity index (χ3v) is 2.85. The van der Waals surface area contributed by atoms with Gasteiger partial charge >= 0.3 is 0 Å². The Bertz CT molecular complexity index is 657. The molecule has 2 rings (SSSR count). The van der Waals surface area contributed by atoms with Crippen LogP contribution in [0.5, 0.6) is 11.5 Å². The molecule has 0 saturated heterocycles. The first-order chi connectivity index (χ1) is 9.10. The fourth-order valence-electron chi connectivity index (χ4n) is 1.53. The lowest BCUT2D eigenvalue weighted by molar-refractivity contribution is 0.101. The second kappa shape index (κ2) is 5.55. The van der Waals surface area contributed by atoms with Gasteiger partial charge in [-0.15, -0.1) is 0 Å². The predicted octanol–water partition coefficient (Wildman–Crippen LogP) is 4.21. The van der Waals surface area contributed by atoms with Crippen molar-refractivity contribution in [2.45, 2.75) is 6.92 Å². The quantitative estimate of drug-likeness (QED) is 0.786. The van der Waals surface area contributed by atoms with Crippen LogP contribution in [0, 0.1) is 11.3 Å². The molecule has 19 heavy (non-hydrogen) atoms. The molecule has 0 unspecified atom stereocenters. The molecule has 0 spiro atoms. The van der Waals surface area contributed by atoms with Gasteiger partial charge in [0.2, 0.25) is 0 Å². The molecule has 2 aromatic carbocycles. The number of Topliss-reactive ketones (excluding diaryl/α,β-unsaturated/α-hetero) is 1. The predicted molar refractivity (Wildman–Crippen MR) is 72.7 cm³/mol. The van der Waals surface area contributed by atoms with E-state index in [9.17, 15) is 4.79 Å². The van der Waals surface area contributed by atoms with E-state index in [1.807, 2.05) is 6.07 Å². The Morgan fingerprint density at radius 3 is 2.42 bits per heavy atom. The zero-order valence-corrected chi connectivity index (χ0v) is 10.9. The number of hydrogen-bond acceptors (Lipinski definition) is 3. The lowest BCUT2D eigenvalue weighted by Gasteiger charge is -2.08. The van der Waals surface area contributed by atoms with E-state index in [0.29, 0.717) is 27.6 Å². The largest absolute Gasteiger partial charge is 0.456 e. The second-order valence-electron chi connectivity index (χ2n) is 3.94. The summed E-state index contributed by atoms with van der Waals surface area (Å²) in [6.45, 7) is 1.48. The van der Waals surface area contributed by atoms with Crippen LogP contribution in [0.2, 0.25) is 5.02 Å². The van der Waals surface area contributed by atoms with Crippen molar-refractivity contribution in [3.8, 4) is 17.6 Å². The van der Waals surface area contributed by atoms with Gasteiger partial charge < -0.3 is 4.74 Å². The van der Waals surface area contributed by atoms with E-state index < -0.39 is 0 Å². The first-order valence-corrected chi connectivity index (χ1v) is 5.96. The number of nitriles is 1. The first-order valence-electron chi connectivity index (χ1n) is 5.58. The third kappa shape index (κ3) is 3.12. The average Bonchev–Trinajstić information content (AvgIpc) is 2.41. The van der Waals surface area contributed by atoms with Crippen molar-refractivity contribution in [2.24, 2.45) is 0 Å². The van der Waals surface area contributed by atoms with E-state index in [-0.39, 0.29) is 5.78 Å². The summed E-state index contributed by atoms with van der Waals surface area (Å²) < 4.78 is 5.59. The summed E-state index contributed by atoms with van der Waals surface area (Å²) in [7, 11) is 0. The molecule has 0 aliphatic rings. The average molecular weight is 272 g/mol. The van der Waals surface area contributed by atoms with Crippen LogP contribution >= 0.6 is 11.6 Å². The fourth-order valence-corrected chi connectivity index (χ4v) is 1.75. The molecule has 0 atom stereocenters. The molecule has 0 amide bonds. The van der Waals surface area contributed by atoms with Crippen molar-refractivity contribution >= 4 is 17.4 Å². The maximum atomic E-state index is 11.2. The number of ketones is 1. The van der Waals surface area contributed by atoms with Crippen molar-refractivity contribution < 1.29 is 9.53 Å². The summed E-state index contributed by atoms with van der Waals surface area (Å²) >= 11 is 6.05. The number of halogens is 1. The molecule has 0 N–H and O–H groups in total. The van der Waals surface area contributed by atoms with Crippen molar-refractivity contribution in [2.75, 3.05) is 0 Å². The Morgan fingerprint density at radius 2 is 1.89 bits per heavy atom. The van der Waals surface area contributed by atoms with Gasteiger partial charge in [-0.05, 0) is 49.4 Å². The number of nitrogens with zero attached hydrogens (tertiary/aromatic N) is 1. The molecule has 4 heteroatoms. The van der Waals surface area contributed by atoms with Crippen LogP contribution in [0.1, 0.15) is 22.8 Å². The molecular weight excluding hydrogens is 262 g/mol. The van der Waals surface area contributed by atoms with E-state index in [4.69, 9.17) is 21.6 Å². The minimum absolute atomic E-state index is 0.0492. The maximum absolute atomic E-state index is 11.2. The highest BCUT2D eigenvalue weighted by Gasteiger charge is 2.07. The molecule has 0 radical (unpaired) electrons. The zero-order valence-electron chi connectivity index (χ0n) is 10.2. The number of carbonyl (C=O) groups is 1. The second-order valence-corrected chi connectivity index (χ2v) is 4.35. The fraction of sp³-hybridized carbons (Fsp3) is 0.0667. The van der Waals surface area contributed by atoms with Gasteiger partial charge in [0.05, 0.1) is 16.7 Å². The monoisotopic (exact) mass is 271 g/mol. The molecule has 0 aromatic heterocycles. The van der Waals surface area contributed by atoms with Crippen LogP contribution in [0.3, 0.4) is 0 Å². The molecule has 0 bridgehead atoms. The van der Waals surface area contributed by atoms with Gasteiger partial charge in [0.25, 0.3) is 0 Å². The molecule has 0 fully saturated rings. The SMILES string of the molecule is CC(=O)c1ccc(Oc2ccc(C#N)cc2)c(Cl)c1. The molecule has 0 aliphatic carbocycles. The minimum Gasteiger partial charge on any atom is -0.456 e. The summed E-state index contributed by atoms with van der Waals surface area (Å²) in [5, 5.41) is 9.07. The Balaban J connectivity index is 2.23. The number of benzene rings is 2. The van der Waals surface area contributed by atoms with E-state index in [0.717, 1.165) is 0 Å². The molecule has 2 aromatic rings. The van der Waals surface area contributed by atoms with Crippen LogP contribution in [-0.4, -0.2) is 5.78 Å². The van der Waals surface area contributed by atoms with Gasteiger partial charge in [0, 0.05) is 5.56 Å². The highest BCUT2D eigenvalue weighted by atomic mass is 35.5. The smallest absolute Gasteiger partial charge is 0.159 e. The molecule has 0 saturated carbocycles. The van der Waals surface area contributed by atoms with Gasteiger partial charge in [-0.25, -0.2) is 0 Å². The molecule has 0 heterocycles. The van der Waals surface area contributed by atoms with E-state index in [1.165, 1.54) is 6.92 Å². The topological polar surface area (TPSA) is 50.1 Å². The summed E-state index contributed by atoms with van der Waals surface area (Å²) in [4.78, 5) is 11.2. The van der Waals surface area contributed by atoms with Crippen LogP contribution in [0.15, 0.2) is 42.5 Å². The number of rotatable bonds is 3. The Hall–Kier alpha value is -2.31. The van der Waals surface area contributed by atoms with Crippen LogP contribution < -0.4 is 4.74 Å². The Kier molecular flexibility index (Phi) is 3.84. The number of ether oxygens (including phenoxy) is 1. The van der Waals surface area contributed by atoms with Gasteiger partial charge in [0.15, 0.2) is 5.78 Å². The van der Waals surface area contributed by atoms with E-state index in [2.05, 4.69) is 0 Å². The van der Waals surface area contributed by atoms with Gasteiger partial charge in [0.1, 0.15) is 11.5 Å². The molecule has 3 nitrogen and oxygen atoms in total. The zero-order chi connectivity index (χ0) is 13.8. The molecule has 0 aliphatic heterocycles. The molecular formula is C15H10ClNO2. The van der Waals surface area contributed by atoms with Crippen molar-refractivity contribution in [1.29, 1.82) is 5.26 Å². The summed E-state index contributed by atoms with van der Waals surface area (Å²) in [5.74, 6) is 1.000. The van der Waals surface area contributed by atoms with Crippen LogP contribution in [0.4, 0.5) is 0 Å². The van der Waals surface area contributed by atoms with E-state index in [1.54, 1.807) is 42.5 Å². The molecule has 94 valence electrons. The van der Waals surface area contributed by atoms with Gasteiger partial charge in [-0.3, -0.25) is 4.79 Å².